The fraction of sp³-hybridized carbons (Fsp3) is 0.429. The zero-order valence-corrected chi connectivity index (χ0v) is 11.3. The highest BCUT2D eigenvalue weighted by Gasteiger charge is 2.29. The summed E-state index contributed by atoms with van der Waals surface area (Å²) in [6, 6.07) is 8.31. The maximum absolute atomic E-state index is 5.90. The SMILES string of the molecule is CC1(C)CC[C@@H](/C=C/c2ccc(Br)cc2)O1. The van der Waals surface area contributed by atoms with E-state index in [4.69, 9.17) is 4.74 Å². The first-order chi connectivity index (χ1) is 7.55. The maximum Gasteiger partial charge on any atom is 0.0767 e. The summed E-state index contributed by atoms with van der Waals surface area (Å²) in [6.45, 7) is 4.31. The van der Waals surface area contributed by atoms with E-state index >= 15 is 0 Å². The monoisotopic (exact) mass is 280 g/mol. The minimum absolute atomic E-state index is 0.0503. The molecule has 1 aliphatic rings. The Kier molecular flexibility index (Phi) is 3.50. The molecule has 0 aliphatic carbocycles. The second kappa shape index (κ2) is 4.72. The van der Waals surface area contributed by atoms with Crippen molar-refractivity contribution < 1.29 is 4.74 Å². The van der Waals surface area contributed by atoms with Crippen LogP contribution in [0.25, 0.3) is 6.08 Å². The first-order valence-electron chi connectivity index (χ1n) is 5.67. The highest BCUT2D eigenvalue weighted by molar-refractivity contribution is 9.10. The van der Waals surface area contributed by atoms with Gasteiger partial charge in [-0.15, -0.1) is 0 Å². The summed E-state index contributed by atoms with van der Waals surface area (Å²) in [7, 11) is 0. The van der Waals surface area contributed by atoms with Crippen molar-refractivity contribution in [3.8, 4) is 0 Å². The van der Waals surface area contributed by atoms with Gasteiger partial charge in [0.25, 0.3) is 0 Å². The third kappa shape index (κ3) is 3.19. The zero-order valence-electron chi connectivity index (χ0n) is 9.74. The van der Waals surface area contributed by atoms with Crippen LogP contribution >= 0.6 is 15.9 Å². The van der Waals surface area contributed by atoms with E-state index in [2.05, 4.69) is 66.2 Å². The molecule has 0 aromatic heterocycles. The standard InChI is InChI=1S/C14H17BrO/c1-14(2)10-9-13(16-14)8-5-11-3-6-12(15)7-4-11/h3-8,13H,9-10H2,1-2H3/b8-5+/t13-/m1/s1. The Morgan fingerprint density at radius 3 is 2.56 bits per heavy atom. The van der Waals surface area contributed by atoms with E-state index in [9.17, 15) is 0 Å². The van der Waals surface area contributed by atoms with Gasteiger partial charge in [0.05, 0.1) is 11.7 Å². The average molecular weight is 281 g/mol. The van der Waals surface area contributed by atoms with E-state index in [-0.39, 0.29) is 11.7 Å². The summed E-state index contributed by atoms with van der Waals surface area (Å²) in [5, 5.41) is 0. The molecule has 1 fully saturated rings. The molecule has 86 valence electrons. The number of rotatable bonds is 2. The van der Waals surface area contributed by atoms with Gasteiger partial charge in [-0.3, -0.25) is 0 Å². The molecule has 1 aromatic rings. The number of hydrogen-bond acceptors (Lipinski definition) is 1. The van der Waals surface area contributed by atoms with Gasteiger partial charge in [0.15, 0.2) is 0 Å². The van der Waals surface area contributed by atoms with Crippen LogP contribution in [0.1, 0.15) is 32.3 Å². The van der Waals surface area contributed by atoms with E-state index in [1.165, 1.54) is 5.56 Å². The van der Waals surface area contributed by atoms with Crippen molar-refractivity contribution in [2.45, 2.75) is 38.4 Å². The summed E-state index contributed by atoms with van der Waals surface area (Å²) in [6.07, 6.45) is 6.84. The van der Waals surface area contributed by atoms with Crippen LogP contribution in [-0.4, -0.2) is 11.7 Å². The molecule has 1 aliphatic heterocycles. The second-order valence-corrected chi connectivity index (χ2v) is 5.78. The van der Waals surface area contributed by atoms with Gasteiger partial charge >= 0.3 is 0 Å². The van der Waals surface area contributed by atoms with Gasteiger partial charge in [0, 0.05) is 4.47 Å². The van der Waals surface area contributed by atoms with Crippen molar-refractivity contribution >= 4 is 22.0 Å². The van der Waals surface area contributed by atoms with Crippen molar-refractivity contribution in [1.29, 1.82) is 0 Å². The van der Waals surface area contributed by atoms with Crippen LogP contribution in [0, 0.1) is 0 Å². The highest BCUT2D eigenvalue weighted by Crippen LogP contribution is 2.30. The lowest BCUT2D eigenvalue weighted by molar-refractivity contribution is 0.00552. The molecule has 2 rings (SSSR count). The van der Waals surface area contributed by atoms with Gasteiger partial charge < -0.3 is 4.74 Å². The maximum atomic E-state index is 5.90. The predicted octanol–water partition coefficient (Wildman–Crippen LogP) is 4.42. The van der Waals surface area contributed by atoms with E-state index in [0.29, 0.717) is 0 Å². The smallest absolute Gasteiger partial charge is 0.0767 e. The molecule has 0 unspecified atom stereocenters. The third-order valence-electron chi connectivity index (χ3n) is 2.87. The van der Waals surface area contributed by atoms with Crippen molar-refractivity contribution in [2.75, 3.05) is 0 Å². The van der Waals surface area contributed by atoms with Gasteiger partial charge in [0.1, 0.15) is 0 Å². The first-order valence-corrected chi connectivity index (χ1v) is 6.46. The van der Waals surface area contributed by atoms with Crippen LogP contribution in [0.15, 0.2) is 34.8 Å². The molecular formula is C14H17BrO. The largest absolute Gasteiger partial charge is 0.368 e. The van der Waals surface area contributed by atoms with Crippen LogP contribution in [-0.2, 0) is 4.74 Å². The van der Waals surface area contributed by atoms with E-state index in [1.54, 1.807) is 0 Å². The first kappa shape index (κ1) is 11.9. The number of halogens is 1. The fourth-order valence-corrected chi connectivity index (χ4v) is 2.21. The lowest BCUT2D eigenvalue weighted by Crippen LogP contribution is -2.18. The fourth-order valence-electron chi connectivity index (χ4n) is 1.95. The summed E-state index contributed by atoms with van der Waals surface area (Å²) in [5.41, 5.74) is 1.27. The molecule has 1 nitrogen and oxygen atoms in total. The Bertz CT molecular complexity index is 378. The Morgan fingerprint density at radius 2 is 2.00 bits per heavy atom. The number of benzene rings is 1. The Hall–Kier alpha value is -0.600. The number of ether oxygens (including phenoxy) is 1. The quantitative estimate of drug-likeness (QED) is 0.779. The minimum Gasteiger partial charge on any atom is -0.368 e. The van der Waals surface area contributed by atoms with Crippen molar-refractivity contribution in [3.05, 3.63) is 40.4 Å². The number of hydrogen-bond donors (Lipinski definition) is 0. The molecule has 1 atom stereocenters. The molecular weight excluding hydrogens is 264 g/mol. The summed E-state index contributed by atoms with van der Waals surface area (Å²) in [5.74, 6) is 0. The third-order valence-corrected chi connectivity index (χ3v) is 3.40. The second-order valence-electron chi connectivity index (χ2n) is 4.87. The van der Waals surface area contributed by atoms with Crippen molar-refractivity contribution in [2.24, 2.45) is 0 Å². The molecule has 1 aromatic carbocycles. The molecule has 0 N–H and O–H groups in total. The van der Waals surface area contributed by atoms with E-state index < -0.39 is 0 Å². The normalized spacial score (nSPS) is 24.1. The Balaban J connectivity index is 1.97. The van der Waals surface area contributed by atoms with Crippen LogP contribution in [0.4, 0.5) is 0 Å². The minimum atomic E-state index is 0.0503. The van der Waals surface area contributed by atoms with Gasteiger partial charge in [-0.1, -0.05) is 40.2 Å². The summed E-state index contributed by atoms with van der Waals surface area (Å²) >= 11 is 3.43. The van der Waals surface area contributed by atoms with Crippen LogP contribution in [0.5, 0.6) is 0 Å². The zero-order chi connectivity index (χ0) is 11.6. The molecule has 16 heavy (non-hydrogen) atoms. The highest BCUT2D eigenvalue weighted by atomic mass is 79.9. The molecule has 1 saturated heterocycles. The molecule has 0 radical (unpaired) electrons. The lowest BCUT2D eigenvalue weighted by Gasteiger charge is -2.17. The van der Waals surface area contributed by atoms with Gasteiger partial charge in [-0.2, -0.15) is 0 Å². The Morgan fingerprint density at radius 1 is 1.31 bits per heavy atom. The molecule has 0 spiro atoms. The van der Waals surface area contributed by atoms with Gasteiger partial charge in [-0.05, 0) is 44.4 Å². The Labute approximate surface area is 106 Å². The van der Waals surface area contributed by atoms with E-state index in [1.807, 2.05) is 0 Å². The van der Waals surface area contributed by atoms with E-state index in [0.717, 1.165) is 17.3 Å². The van der Waals surface area contributed by atoms with Crippen molar-refractivity contribution in [1.82, 2.24) is 0 Å². The van der Waals surface area contributed by atoms with Crippen LogP contribution in [0.2, 0.25) is 0 Å². The molecule has 0 saturated carbocycles. The van der Waals surface area contributed by atoms with Crippen molar-refractivity contribution in [3.63, 3.8) is 0 Å². The average Bonchev–Trinajstić information content (AvgIpc) is 2.58. The van der Waals surface area contributed by atoms with Crippen LogP contribution < -0.4 is 0 Å². The molecule has 0 bridgehead atoms. The van der Waals surface area contributed by atoms with Gasteiger partial charge in [-0.25, -0.2) is 0 Å². The summed E-state index contributed by atoms with van der Waals surface area (Å²) in [4.78, 5) is 0. The molecule has 2 heteroatoms. The molecule has 1 heterocycles. The summed E-state index contributed by atoms with van der Waals surface area (Å²) < 4.78 is 7.01. The molecule has 0 amide bonds. The van der Waals surface area contributed by atoms with Gasteiger partial charge in [0.2, 0.25) is 0 Å². The lowest BCUT2D eigenvalue weighted by atomic mass is 10.1. The topological polar surface area (TPSA) is 9.23 Å². The van der Waals surface area contributed by atoms with Crippen LogP contribution in [0.3, 0.4) is 0 Å². The predicted molar refractivity (Wildman–Crippen MR) is 71.4 cm³/mol.